The zero-order chi connectivity index (χ0) is 15.9. The first-order chi connectivity index (χ1) is 10.6. The van der Waals surface area contributed by atoms with Gasteiger partial charge in [-0.1, -0.05) is 25.1 Å². The lowest BCUT2D eigenvalue weighted by molar-refractivity contribution is 0.116. The van der Waals surface area contributed by atoms with Crippen LogP contribution in [0.3, 0.4) is 0 Å². The first-order valence-corrected chi connectivity index (χ1v) is 7.64. The topological polar surface area (TPSA) is 61.8 Å². The molecule has 22 heavy (non-hydrogen) atoms. The summed E-state index contributed by atoms with van der Waals surface area (Å²) >= 11 is 0. The first kappa shape index (κ1) is 16.4. The Morgan fingerprint density at radius 3 is 3.05 bits per heavy atom. The largest absolute Gasteiger partial charge is 0.489 e. The molecule has 0 aliphatic heterocycles. The van der Waals surface area contributed by atoms with E-state index < -0.39 is 0 Å². The van der Waals surface area contributed by atoms with Gasteiger partial charge in [-0.25, -0.2) is 4.79 Å². The Labute approximate surface area is 131 Å². The van der Waals surface area contributed by atoms with Crippen LogP contribution >= 0.6 is 0 Å². The maximum atomic E-state index is 12.2. The van der Waals surface area contributed by atoms with Gasteiger partial charge in [0.25, 0.3) is 0 Å². The third-order valence-electron chi connectivity index (χ3n) is 3.93. The third kappa shape index (κ3) is 4.49. The SMILES string of the molecule is C=CCOc1cccc(NC(=O)N(C)CC2CCCC2O)c1. The van der Waals surface area contributed by atoms with Crippen molar-refractivity contribution in [2.45, 2.75) is 25.4 Å². The molecule has 1 aromatic carbocycles. The second kappa shape index (κ2) is 7.84. The Balaban J connectivity index is 1.88. The van der Waals surface area contributed by atoms with E-state index in [1.165, 1.54) is 0 Å². The van der Waals surface area contributed by atoms with Crippen LogP contribution in [-0.4, -0.2) is 42.3 Å². The van der Waals surface area contributed by atoms with Crippen molar-refractivity contribution in [1.29, 1.82) is 0 Å². The van der Waals surface area contributed by atoms with Crippen LogP contribution in [0.2, 0.25) is 0 Å². The lowest BCUT2D eigenvalue weighted by atomic mass is 10.1. The lowest BCUT2D eigenvalue weighted by Crippen LogP contribution is -2.37. The maximum Gasteiger partial charge on any atom is 0.321 e. The minimum Gasteiger partial charge on any atom is -0.489 e. The summed E-state index contributed by atoms with van der Waals surface area (Å²) in [5, 5.41) is 12.7. The molecule has 0 saturated heterocycles. The van der Waals surface area contributed by atoms with Crippen molar-refractivity contribution in [1.82, 2.24) is 4.90 Å². The van der Waals surface area contributed by atoms with E-state index in [0.29, 0.717) is 24.6 Å². The molecule has 0 bridgehead atoms. The molecule has 1 aliphatic rings. The van der Waals surface area contributed by atoms with E-state index in [-0.39, 0.29) is 18.1 Å². The Morgan fingerprint density at radius 2 is 2.36 bits per heavy atom. The number of hydrogen-bond acceptors (Lipinski definition) is 3. The molecule has 2 atom stereocenters. The number of ether oxygens (including phenoxy) is 1. The number of carbonyl (C=O) groups is 1. The zero-order valence-corrected chi connectivity index (χ0v) is 13.0. The molecule has 5 nitrogen and oxygen atoms in total. The van der Waals surface area contributed by atoms with E-state index >= 15 is 0 Å². The van der Waals surface area contributed by atoms with E-state index in [0.717, 1.165) is 19.3 Å². The fourth-order valence-electron chi connectivity index (χ4n) is 2.70. The van der Waals surface area contributed by atoms with Gasteiger partial charge in [0.05, 0.1) is 6.10 Å². The predicted octanol–water partition coefficient (Wildman–Crippen LogP) is 2.88. The molecule has 0 spiro atoms. The highest BCUT2D eigenvalue weighted by atomic mass is 16.5. The van der Waals surface area contributed by atoms with E-state index in [1.807, 2.05) is 18.2 Å². The summed E-state index contributed by atoms with van der Waals surface area (Å²) in [6, 6.07) is 7.07. The fraction of sp³-hybridized carbons (Fsp3) is 0.471. The number of aliphatic hydroxyl groups is 1. The first-order valence-electron chi connectivity index (χ1n) is 7.64. The molecule has 1 saturated carbocycles. The molecule has 120 valence electrons. The molecule has 2 N–H and O–H groups in total. The lowest BCUT2D eigenvalue weighted by Gasteiger charge is -2.23. The minimum absolute atomic E-state index is 0.179. The van der Waals surface area contributed by atoms with E-state index in [1.54, 1.807) is 24.1 Å². The molecular weight excluding hydrogens is 280 g/mol. The van der Waals surface area contributed by atoms with Crippen molar-refractivity contribution >= 4 is 11.7 Å². The second-order valence-corrected chi connectivity index (χ2v) is 5.70. The number of nitrogens with zero attached hydrogens (tertiary/aromatic N) is 1. The molecule has 2 rings (SSSR count). The monoisotopic (exact) mass is 304 g/mol. The molecular formula is C17H24N2O3. The number of aliphatic hydroxyl groups excluding tert-OH is 1. The van der Waals surface area contributed by atoms with Gasteiger partial charge in [0, 0.05) is 31.3 Å². The molecule has 1 aromatic rings. The predicted molar refractivity (Wildman–Crippen MR) is 87.1 cm³/mol. The van der Waals surface area contributed by atoms with Gasteiger partial charge in [-0.3, -0.25) is 0 Å². The Bertz CT molecular complexity index is 518. The summed E-state index contributed by atoms with van der Waals surface area (Å²) in [4.78, 5) is 13.8. The van der Waals surface area contributed by atoms with Gasteiger partial charge in [-0.2, -0.15) is 0 Å². The van der Waals surface area contributed by atoms with E-state index in [2.05, 4.69) is 11.9 Å². The van der Waals surface area contributed by atoms with Crippen molar-refractivity contribution in [3.63, 3.8) is 0 Å². The highest BCUT2D eigenvalue weighted by Gasteiger charge is 2.27. The van der Waals surface area contributed by atoms with E-state index in [4.69, 9.17) is 4.74 Å². The number of rotatable bonds is 6. The Kier molecular flexibility index (Phi) is 5.83. The number of benzene rings is 1. The molecule has 2 amide bonds. The van der Waals surface area contributed by atoms with Gasteiger partial charge in [-0.05, 0) is 25.0 Å². The molecule has 0 heterocycles. The average Bonchev–Trinajstić information content (AvgIpc) is 2.90. The van der Waals surface area contributed by atoms with Crippen LogP contribution < -0.4 is 10.1 Å². The van der Waals surface area contributed by atoms with Gasteiger partial charge >= 0.3 is 6.03 Å². The highest BCUT2D eigenvalue weighted by molar-refractivity contribution is 5.89. The smallest absolute Gasteiger partial charge is 0.321 e. The van der Waals surface area contributed by atoms with Crippen LogP contribution in [0.5, 0.6) is 5.75 Å². The van der Waals surface area contributed by atoms with Crippen LogP contribution in [0.1, 0.15) is 19.3 Å². The number of urea groups is 1. The highest BCUT2D eigenvalue weighted by Crippen LogP contribution is 2.26. The van der Waals surface area contributed by atoms with Crippen molar-refractivity contribution in [3.8, 4) is 5.75 Å². The van der Waals surface area contributed by atoms with Crippen LogP contribution in [0.4, 0.5) is 10.5 Å². The van der Waals surface area contributed by atoms with Crippen molar-refractivity contribution in [3.05, 3.63) is 36.9 Å². The summed E-state index contributed by atoms with van der Waals surface area (Å²) in [5.74, 6) is 0.865. The number of nitrogens with one attached hydrogen (secondary N) is 1. The normalized spacial score (nSPS) is 20.5. The van der Waals surface area contributed by atoms with Gasteiger partial charge in [-0.15, -0.1) is 0 Å². The molecule has 1 aliphatic carbocycles. The summed E-state index contributed by atoms with van der Waals surface area (Å²) in [6.07, 6.45) is 4.23. The van der Waals surface area contributed by atoms with Gasteiger partial charge in [0.15, 0.2) is 0 Å². The van der Waals surface area contributed by atoms with Gasteiger partial charge in [0.2, 0.25) is 0 Å². The number of carbonyl (C=O) groups excluding carboxylic acids is 1. The number of hydrogen-bond donors (Lipinski definition) is 2. The Hall–Kier alpha value is -2.01. The molecule has 2 unspecified atom stereocenters. The third-order valence-corrected chi connectivity index (χ3v) is 3.93. The summed E-state index contributed by atoms with van der Waals surface area (Å²) in [5.41, 5.74) is 0.686. The van der Waals surface area contributed by atoms with E-state index in [9.17, 15) is 9.90 Å². The average molecular weight is 304 g/mol. The van der Waals surface area contributed by atoms with Crippen LogP contribution in [0.25, 0.3) is 0 Å². The number of amides is 2. The minimum atomic E-state index is -0.286. The summed E-state index contributed by atoms with van der Waals surface area (Å²) in [7, 11) is 1.75. The molecule has 5 heteroatoms. The van der Waals surface area contributed by atoms with Crippen LogP contribution in [-0.2, 0) is 0 Å². The van der Waals surface area contributed by atoms with Crippen molar-refractivity contribution in [2.24, 2.45) is 5.92 Å². The van der Waals surface area contributed by atoms with Gasteiger partial charge in [0.1, 0.15) is 12.4 Å². The fourth-order valence-corrected chi connectivity index (χ4v) is 2.70. The quantitative estimate of drug-likeness (QED) is 0.794. The Morgan fingerprint density at radius 1 is 1.55 bits per heavy atom. The molecule has 0 aromatic heterocycles. The number of anilines is 1. The van der Waals surface area contributed by atoms with Crippen molar-refractivity contribution < 1.29 is 14.6 Å². The maximum absolute atomic E-state index is 12.2. The second-order valence-electron chi connectivity index (χ2n) is 5.70. The summed E-state index contributed by atoms with van der Waals surface area (Å²) in [6.45, 7) is 4.60. The zero-order valence-electron chi connectivity index (χ0n) is 13.0. The standard InChI is InChI=1S/C17H24N2O3/c1-3-10-22-15-8-5-7-14(11-15)18-17(21)19(2)12-13-6-4-9-16(13)20/h3,5,7-8,11,13,16,20H,1,4,6,9-10,12H2,2H3,(H,18,21). The van der Waals surface area contributed by atoms with Crippen LogP contribution in [0, 0.1) is 5.92 Å². The van der Waals surface area contributed by atoms with Crippen molar-refractivity contribution in [2.75, 3.05) is 25.5 Å². The summed E-state index contributed by atoms with van der Waals surface area (Å²) < 4.78 is 5.44. The van der Waals surface area contributed by atoms with Crippen LogP contribution in [0.15, 0.2) is 36.9 Å². The molecule has 1 fully saturated rings. The van der Waals surface area contributed by atoms with Gasteiger partial charge < -0.3 is 20.1 Å². The molecule has 0 radical (unpaired) electrons.